The molecular formula is C10H24O. The Balaban J connectivity index is -0.000000196. The van der Waals surface area contributed by atoms with E-state index in [9.17, 15) is 0 Å². The fourth-order valence-electron chi connectivity index (χ4n) is 0.750. The quantitative estimate of drug-likeness (QED) is 0.568. The number of rotatable bonds is 3. The molecule has 0 aromatic rings. The highest BCUT2D eigenvalue weighted by Gasteiger charge is 2.15. The minimum Gasteiger partial charge on any atom is -0.412 e. The van der Waals surface area contributed by atoms with Gasteiger partial charge in [-0.05, 0) is 5.41 Å². The van der Waals surface area contributed by atoms with Crippen molar-refractivity contribution in [2.45, 2.75) is 47.0 Å². The molecule has 2 N–H and O–H groups in total. The van der Waals surface area contributed by atoms with Crippen LogP contribution in [-0.4, -0.2) is 5.48 Å². The average Bonchev–Trinajstić information content (AvgIpc) is 2.07. The Labute approximate surface area is 71.8 Å². The number of hydrogen-bond donors (Lipinski definition) is 0. The topological polar surface area (TPSA) is 31.5 Å². The van der Waals surface area contributed by atoms with Gasteiger partial charge in [0.15, 0.2) is 0 Å². The third-order valence-electron chi connectivity index (χ3n) is 2.56. The van der Waals surface area contributed by atoms with Crippen LogP contribution in [0.5, 0.6) is 0 Å². The smallest absolute Gasteiger partial charge is 0.0334 e. The third kappa shape index (κ3) is 7.60. The molecule has 0 aromatic carbocycles. The zero-order valence-electron chi connectivity index (χ0n) is 8.54. The van der Waals surface area contributed by atoms with Crippen LogP contribution in [0, 0.1) is 5.41 Å². The first-order valence-corrected chi connectivity index (χ1v) is 4.18. The van der Waals surface area contributed by atoms with Gasteiger partial charge in [0.25, 0.3) is 0 Å². The standard InChI is InChI=1S/C8H18.C2H4.H2O/c1-5-8(4,6-2)7-3;1-2;/h5-7H2,1-4H3;1-2H2;1H2. The minimum atomic E-state index is 0. The van der Waals surface area contributed by atoms with Crippen molar-refractivity contribution in [3.05, 3.63) is 13.2 Å². The molecule has 70 valence electrons. The van der Waals surface area contributed by atoms with Crippen molar-refractivity contribution in [2.24, 2.45) is 5.41 Å². The first kappa shape index (κ1) is 17.0. The molecule has 1 heteroatoms. The fourth-order valence-corrected chi connectivity index (χ4v) is 0.750. The molecule has 0 aliphatic rings. The normalized spacial score (nSPS) is 9.09. The summed E-state index contributed by atoms with van der Waals surface area (Å²) in [7, 11) is 0. The Morgan fingerprint density at radius 1 is 0.909 bits per heavy atom. The van der Waals surface area contributed by atoms with Crippen molar-refractivity contribution in [3.63, 3.8) is 0 Å². The molecule has 0 aliphatic carbocycles. The third-order valence-corrected chi connectivity index (χ3v) is 2.56. The second-order valence-electron chi connectivity index (χ2n) is 2.87. The highest BCUT2D eigenvalue weighted by atomic mass is 16.0. The average molecular weight is 160 g/mol. The predicted octanol–water partition coefficient (Wildman–Crippen LogP) is 3.20. The van der Waals surface area contributed by atoms with Crippen molar-refractivity contribution in [2.75, 3.05) is 0 Å². The van der Waals surface area contributed by atoms with Crippen LogP contribution in [0.4, 0.5) is 0 Å². The summed E-state index contributed by atoms with van der Waals surface area (Å²) in [5.74, 6) is 0. The first-order chi connectivity index (χ1) is 4.68. The van der Waals surface area contributed by atoms with Crippen molar-refractivity contribution < 1.29 is 5.48 Å². The van der Waals surface area contributed by atoms with Crippen molar-refractivity contribution >= 4 is 0 Å². The highest BCUT2D eigenvalue weighted by molar-refractivity contribution is 4.67. The van der Waals surface area contributed by atoms with Crippen LogP contribution in [0.15, 0.2) is 13.2 Å². The summed E-state index contributed by atoms with van der Waals surface area (Å²) < 4.78 is 0. The molecule has 0 bridgehead atoms. The van der Waals surface area contributed by atoms with E-state index >= 15 is 0 Å². The van der Waals surface area contributed by atoms with Gasteiger partial charge in [0, 0.05) is 0 Å². The van der Waals surface area contributed by atoms with E-state index in [0.29, 0.717) is 5.41 Å². The molecule has 0 atom stereocenters. The maximum absolute atomic E-state index is 3.00. The lowest BCUT2D eigenvalue weighted by molar-refractivity contribution is 0.286. The summed E-state index contributed by atoms with van der Waals surface area (Å²) in [5, 5.41) is 0. The van der Waals surface area contributed by atoms with E-state index in [1.807, 2.05) is 0 Å². The summed E-state index contributed by atoms with van der Waals surface area (Å²) in [5.41, 5.74) is 0.625. The zero-order chi connectivity index (χ0) is 8.62. The first-order valence-electron chi connectivity index (χ1n) is 4.18. The van der Waals surface area contributed by atoms with Crippen LogP contribution in [0.1, 0.15) is 47.0 Å². The van der Waals surface area contributed by atoms with E-state index in [1.54, 1.807) is 0 Å². The fraction of sp³-hybridized carbons (Fsp3) is 0.800. The summed E-state index contributed by atoms with van der Waals surface area (Å²) in [6, 6.07) is 0. The Morgan fingerprint density at radius 3 is 1.09 bits per heavy atom. The van der Waals surface area contributed by atoms with Gasteiger partial charge >= 0.3 is 0 Å². The Morgan fingerprint density at radius 2 is 1.09 bits per heavy atom. The molecular weight excluding hydrogens is 136 g/mol. The second kappa shape index (κ2) is 9.70. The maximum atomic E-state index is 3.00. The molecule has 0 radical (unpaired) electrons. The van der Waals surface area contributed by atoms with Crippen LogP contribution in [0.3, 0.4) is 0 Å². The molecule has 11 heavy (non-hydrogen) atoms. The molecule has 0 fully saturated rings. The van der Waals surface area contributed by atoms with Gasteiger partial charge < -0.3 is 5.48 Å². The van der Waals surface area contributed by atoms with Gasteiger partial charge in [-0.2, -0.15) is 0 Å². The molecule has 0 saturated carbocycles. The van der Waals surface area contributed by atoms with Gasteiger partial charge in [0.1, 0.15) is 0 Å². The molecule has 0 aliphatic heterocycles. The van der Waals surface area contributed by atoms with Crippen LogP contribution in [0.2, 0.25) is 0 Å². The molecule has 0 saturated heterocycles. The Kier molecular flexibility index (Phi) is 15.0. The molecule has 1 nitrogen and oxygen atoms in total. The van der Waals surface area contributed by atoms with E-state index in [1.165, 1.54) is 19.3 Å². The Hall–Kier alpha value is -0.300. The predicted molar refractivity (Wildman–Crippen MR) is 53.8 cm³/mol. The summed E-state index contributed by atoms with van der Waals surface area (Å²) in [6.45, 7) is 15.2. The monoisotopic (exact) mass is 160 g/mol. The van der Waals surface area contributed by atoms with E-state index in [2.05, 4.69) is 40.9 Å². The summed E-state index contributed by atoms with van der Waals surface area (Å²) in [4.78, 5) is 0. The van der Waals surface area contributed by atoms with Gasteiger partial charge in [-0.3, -0.25) is 0 Å². The van der Waals surface area contributed by atoms with Crippen LogP contribution >= 0.6 is 0 Å². The number of hydrogen-bond acceptors (Lipinski definition) is 0. The highest BCUT2D eigenvalue weighted by Crippen LogP contribution is 2.28. The minimum absolute atomic E-state index is 0. The zero-order valence-corrected chi connectivity index (χ0v) is 8.54. The molecule has 0 unspecified atom stereocenters. The van der Waals surface area contributed by atoms with Gasteiger partial charge in [-0.25, -0.2) is 0 Å². The largest absolute Gasteiger partial charge is 0.412 e. The van der Waals surface area contributed by atoms with Gasteiger partial charge in [0.2, 0.25) is 0 Å². The van der Waals surface area contributed by atoms with Crippen molar-refractivity contribution in [3.8, 4) is 0 Å². The summed E-state index contributed by atoms with van der Waals surface area (Å²) >= 11 is 0. The van der Waals surface area contributed by atoms with Crippen molar-refractivity contribution in [1.29, 1.82) is 0 Å². The van der Waals surface area contributed by atoms with Gasteiger partial charge in [-0.15, -0.1) is 13.2 Å². The maximum Gasteiger partial charge on any atom is -0.0334 e. The van der Waals surface area contributed by atoms with E-state index in [4.69, 9.17) is 0 Å². The van der Waals surface area contributed by atoms with Gasteiger partial charge in [0.05, 0.1) is 0 Å². The molecule has 0 heterocycles. The van der Waals surface area contributed by atoms with Crippen LogP contribution in [-0.2, 0) is 0 Å². The van der Waals surface area contributed by atoms with E-state index in [0.717, 1.165) is 0 Å². The van der Waals surface area contributed by atoms with E-state index < -0.39 is 0 Å². The van der Waals surface area contributed by atoms with Crippen LogP contribution < -0.4 is 0 Å². The Bertz CT molecular complexity index is 57.0. The van der Waals surface area contributed by atoms with E-state index in [-0.39, 0.29) is 5.48 Å². The van der Waals surface area contributed by atoms with Gasteiger partial charge in [-0.1, -0.05) is 47.0 Å². The molecule has 0 aromatic heterocycles. The SMILES string of the molecule is C=C.CCC(C)(CC)CC.O. The lowest BCUT2D eigenvalue weighted by Gasteiger charge is -2.23. The second-order valence-corrected chi connectivity index (χ2v) is 2.87. The lowest BCUT2D eigenvalue weighted by atomic mass is 9.82. The molecule has 0 spiro atoms. The van der Waals surface area contributed by atoms with Crippen LogP contribution in [0.25, 0.3) is 0 Å². The lowest BCUT2D eigenvalue weighted by Crippen LogP contribution is -2.10. The summed E-state index contributed by atoms with van der Waals surface area (Å²) in [6.07, 6.45) is 3.96. The van der Waals surface area contributed by atoms with Crippen molar-refractivity contribution in [1.82, 2.24) is 0 Å². The molecule has 0 amide bonds. The molecule has 0 rings (SSSR count).